The molecule has 1 aliphatic rings. The molecule has 1 aromatic heterocycles. The number of aromatic nitrogens is 2. The summed E-state index contributed by atoms with van der Waals surface area (Å²) in [5.41, 5.74) is 3.45. The van der Waals surface area contributed by atoms with Crippen LogP contribution in [0.15, 0.2) is 40.9 Å². The SMILES string of the molecule is CCOC(=O)Cc1c(C)cccc1OCc1nn([C@H]2CCN(C(=O)O)C2)c2ccc(Br)cc12. The third-order valence-corrected chi connectivity index (χ3v) is 6.38. The zero-order valence-corrected chi connectivity index (χ0v) is 20.2. The van der Waals surface area contributed by atoms with E-state index in [2.05, 4.69) is 15.9 Å². The van der Waals surface area contributed by atoms with Crippen molar-refractivity contribution in [1.29, 1.82) is 0 Å². The molecule has 9 heteroatoms. The Kier molecular flexibility index (Phi) is 6.88. The van der Waals surface area contributed by atoms with Gasteiger partial charge in [-0.25, -0.2) is 4.79 Å². The monoisotopic (exact) mass is 515 g/mol. The normalized spacial score (nSPS) is 15.7. The second kappa shape index (κ2) is 9.82. The molecule has 1 N–H and O–H groups in total. The van der Waals surface area contributed by atoms with Crippen molar-refractivity contribution in [3.63, 3.8) is 0 Å². The molecule has 1 aliphatic heterocycles. The smallest absolute Gasteiger partial charge is 0.407 e. The Labute approximate surface area is 200 Å². The first-order valence-electron chi connectivity index (χ1n) is 10.9. The van der Waals surface area contributed by atoms with Gasteiger partial charge < -0.3 is 19.5 Å². The van der Waals surface area contributed by atoms with Crippen LogP contribution in [0.25, 0.3) is 10.9 Å². The standard InChI is InChI=1S/C24H26BrN3O5/c1-3-32-23(29)12-18-15(2)5-4-6-22(18)33-14-20-19-11-16(25)7-8-21(19)28(26-20)17-9-10-27(13-17)24(30)31/h4-8,11,17H,3,9-10,12-14H2,1-2H3,(H,30,31)/t17-/m0/s1. The van der Waals surface area contributed by atoms with Crippen LogP contribution in [0.1, 0.15) is 36.2 Å². The summed E-state index contributed by atoms with van der Waals surface area (Å²) in [5, 5.41) is 15.1. The average Bonchev–Trinajstić information content (AvgIpc) is 3.39. The fourth-order valence-corrected chi connectivity index (χ4v) is 4.58. The largest absolute Gasteiger partial charge is 0.487 e. The summed E-state index contributed by atoms with van der Waals surface area (Å²) < 4.78 is 14.1. The zero-order chi connectivity index (χ0) is 23.5. The Morgan fingerprint density at radius 1 is 1.27 bits per heavy atom. The number of hydrogen-bond donors (Lipinski definition) is 1. The number of fused-ring (bicyclic) bond motifs is 1. The van der Waals surface area contributed by atoms with Crippen LogP contribution in [0.2, 0.25) is 0 Å². The number of carboxylic acid groups (broad SMARTS) is 1. The van der Waals surface area contributed by atoms with Crippen LogP contribution in [-0.4, -0.2) is 51.5 Å². The van der Waals surface area contributed by atoms with Gasteiger partial charge in [0.05, 0.1) is 24.6 Å². The molecule has 4 rings (SSSR count). The number of hydrogen-bond acceptors (Lipinski definition) is 5. The first kappa shape index (κ1) is 23.1. The van der Waals surface area contributed by atoms with Gasteiger partial charge in [-0.1, -0.05) is 28.1 Å². The fraction of sp³-hybridized carbons (Fsp3) is 0.375. The molecule has 2 heterocycles. The first-order valence-corrected chi connectivity index (χ1v) is 11.7. The number of esters is 1. The van der Waals surface area contributed by atoms with Gasteiger partial charge in [-0.05, 0) is 50.1 Å². The van der Waals surface area contributed by atoms with Crippen molar-refractivity contribution in [3.8, 4) is 5.75 Å². The number of amides is 1. The summed E-state index contributed by atoms with van der Waals surface area (Å²) in [4.78, 5) is 24.9. The summed E-state index contributed by atoms with van der Waals surface area (Å²) in [6.07, 6.45) is -0.0566. The lowest BCUT2D eigenvalue weighted by Gasteiger charge is -2.14. The summed E-state index contributed by atoms with van der Waals surface area (Å²) in [6, 6.07) is 11.6. The highest BCUT2D eigenvalue weighted by Gasteiger charge is 2.29. The maximum atomic E-state index is 12.1. The molecular formula is C24H26BrN3O5. The Bertz CT molecular complexity index is 1190. The van der Waals surface area contributed by atoms with E-state index in [0.29, 0.717) is 31.9 Å². The number of likely N-dealkylation sites (tertiary alicyclic amines) is 1. The average molecular weight is 516 g/mol. The molecule has 0 spiro atoms. The molecule has 0 unspecified atom stereocenters. The number of rotatable bonds is 7. The molecule has 33 heavy (non-hydrogen) atoms. The van der Waals surface area contributed by atoms with E-state index < -0.39 is 6.09 Å². The Morgan fingerprint density at radius 3 is 2.82 bits per heavy atom. The Balaban J connectivity index is 1.61. The minimum absolute atomic E-state index is 0.0307. The van der Waals surface area contributed by atoms with Crippen molar-refractivity contribution in [3.05, 3.63) is 57.7 Å². The maximum absolute atomic E-state index is 12.1. The second-order valence-electron chi connectivity index (χ2n) is 8.05. The van der Waals surface area contributed by atoms with Crippen molar-refractivity contribution >= 4 is 38.9 Å². The third-order valence-electron chi connectivity index (χ3n) is 5.88. The minimum atomic E-state index is -0.908. The van der Waals surface area contributed by atoms with Gasteiger partial charge in [-0.15, -0.1) is 0 Å². The molecule has 0 bridgehead atoms. The van der Waals surface area contributed by atoms with E-state index in [1.165, 1.54) is 4.90 Å². The topological polar surface area (TPSA) is 93.9 Å². The van der Waals surface area contributed by atoms with Gasteiger partial charge in [0, 0.05) is 28.5 Å². The Hall–Kier alpha value is -3.07. The van der Waals surface area contributed by atoms with Gasteiger partial charge in [0.2, 0.25) is 0 Å². The van der Waals surface area contributed by atoms with Crippen LogP contribution in [0.3, 0.4) is 0 Å². The lowest BCUT2D eigenvalue weighted by atomic mass is 10.0. The molecule has 0 radical (unpaired) electrons. The molecule has 3 aromatic rings. The summed E-state index contributed by atoms with van der Waals surface area (Å²) >= 11 is 3.53. The first-order chi connectivity index (χ1) is 15.9. The van der Waals surface area contributed by atoms with E-state index >= 15 is 0 Å². The highest BCUT2D eigenvalue weighted by Crippen LogP contribution is 2.31. The van der Waals surface area contributed by atoms with Crippen LogP contribution in [0, 0.1) is 6.92 Å². The van der Waals surface area contributed by atoms with Crippen molar-refractivity contribution < 1.29 is 24.2 Å². The van der Waals surface area contributed by atoms with E-state index in [4.69, 9.17) is 14.6 Å². The number of ether oxygens (including phenoxy) is 2. The zero-order valence-electron chi connectivity index (χ0n) is 18.6. The van der Waals surface area contributed by atoms with Gasteiger partial charge in [-0.2, -0.15) is 5.10 Å². The Morgan fingerprint density at radius 2 is 2.09 bits per heavy atom. The number of benzene rings is 2. The van der Waals surface area contributed by atoms with Crippen LogP contribution in [0.4, 0.5) is 4.79 Å². The van der Waals surface area contributed by atoms with Gasteiger partial charge >= 0.3 is 12.1 Å². The van der Waals surface area contributed by atoms with Crippen molar-refractivity contribution in [2.45, 2.75) is 39.3 Å². The fourth-order valence-electron chi connectivity index (χ4n) is 4.22. The number of carbonyl (C=O) groups is 2. The lowest BCUT2D eigenvalue weighted by Crippen LogP contribution is -2.27. The van der Waals surface area contributed by atoms with Gasteiger partial charge in [0.25, 0.3) is 0 Å². The molecular weight excluding hydrogens is 490 g/mol. The molecule has 0 saturated carbocycles. The van der Waals surface area contributed by atoms with Gasteiger partial charge in [-0.3, -0.25) is 9.48 Å². The third kappa shape index (κ3) is 4.98. The quantitative estimate of drug-likeness (QED) is 0.457. The van der Waals surface area contributed by atoms with Crippen molar-refractivity contribution in [2.75, 3.05) is 19.7 Å². The number of halogens is 1. The van der Waals surface area contributed by atoms with Crippen LogP contribution >= 0.6 is 15.9 Å². The van der Waals surface area contributed by atoms with Crippen molar-refractivity contribution in [2.24, 2.45) is 0 Å². The predicted octanol–water partition coefficient (Wildman–Crippen LogP) is 4.72. The molecule has 2 aromatic carbocycles. The number of aryl methyl sites for hydroxylation is 1. The van der Waals surface area contributed by atoms with E-state index in [0.717, 1.165) is 32.2 Å². The van der Waals surface area contributed by atoms with Crippen molar-refractivity contribution in [1.82, 2.24) is 14.7 Å². The lowest BCUT2D eigenvalue weighted by molar-refractivity contribution is -0.142. The molecule has 1 saturated heterocycles. The molecule has 1 fully saturated rings. The molecule has 8 nitrogen and oxygen atoms in total. The van der Waals surface area contributed by atoms with Crippen LogP contribution in [0.5, 0.6) is 5.75 Å². The summed E-state index contributed by atoms with van der Waals surface area (Å²) in [5.74, 6) is 0.332. The van der Waals surface area contributed by atoms with Crippen LogP contribution < -0.4 is 4.74 Å². The summed E-state index contributed by atoms with van der Waals surface area (Å²) in [7, 11) is 0. The molecule has 0 aliphatic carbocycles. The van der Waals surface area contributed by atoms with Gasteiger partial charge in [0.1, 0.15) is 18.1 Å². The number of carbonyl (C=O) groups excluding carboxylic acids is 1. The summed E-state index contributed by atoms with van der Waals surface area (Å²) in [6.45, 7) is 5.17. The van der Waals surface area contributed by atoms with Gasteiger partial charge in [0.15, 0.2) is 0 Å². The van der Waals surface area contributed by atoms with E-state index in [9.17, 15) is 14.7 Å². The van der Waals surface area contributed by atoms with E-state index in [1.807, 2.05) is 48.0 Å². The van der Waals surface area contributed by atoms with Crippen LogP contribution in [-0.2, 0) is 22.6 Å². The molecule has 174 valence electrons. The number of nitrogens with zero attached hydrogens (tertiary/aromatic N) is 3. The minimum Gasteiger partial charge on any atom is -0.487 e. The molecule has 1 atom stereocenters. The molecule has 1 amide bonds. The van der Waals surface area contributed by atoms with E-state index in [1.54, 1.807) is 6.92 Å². The highest BCUT2D eigenvalue weighted by molar-refractivity contribution is 9.10. The predicted molar refractivity (Wildman–Crippen MR) is 127 cm³/mol. The second-order valence-corrected chi connectivity index (χ2v) is 8.96. The maximum Gasteiger partial charge on any atom is 0.407 e. The van der Waals surface area contributed by atoms with E-state index in [-0.39, 0.29) is 25.0 Å². The highest BCUT2D eigenvalue weighted by atomic mass is 79.9.